The number of hydrogen-bond donors (Lipinski definition) is 1. The van der Waals surface area contributed by atoms with Gasteiger partial charge in [0.25, 0.3) is 0 Å². The molecule has 1 aromatic rings. The second kappa shape index (κ2) is 3.18. The minimum absolute atomic E-state index is 0.225. The molecule has 0 aliphatic rings. The first-order chi connectivity index (χ1) is 5.24. The van der Waals surface area contributed by atoms with Crippen molar-refractivity contribution in [2.75, 3.05) is 0 Å². The molecule has 1 amide bonds. The summed E-state index contributed by atoms with van der Waals surface area (Å²) in [5.74, 6) is 0.557. The third kappa shape index (κ3) is 1.80. The van der Waals surface area contributed by atoms with Gasteiger partial charge in [0.15, 0.2) is 0 Å². The molecule has 2 N–H and O–H groups in total. The number of aryl methyl sites for hydroxylation is 1. The summed E-state index contributed by atoms with van der Waals surface area (Å²) in [4.78, 5) is 14.6. The predicted octanol–water partition coefficient (Wildman–Crippen LogP) is -0.0692. The van der Waals surface area contributed by atoms with E-state index in [1.807, 2.05) is 6.92 Å². The van der Waals surface area contributed by atoms with Gasteiger partial charge >= 0.3 is 0 Å². The van der Waals surface area contributed by atoms with Crippen LogP contribution in [0.5, 0.6) is 0 Å². The summed E-state index contributed by atoms with van der Waals surface area (Å²) in [6.45, 7) is 2.21. The quantitative estimate of drug-likeness (QED) is 0.660. The van der Waals surface area contributed by atoms with Crippen LogP contribution in [0.15, 0.2) is 12.4 Å². The van der Waals surface area contributed by atoms with Crippen molar-refractivity contribution in [3.05, 3.63) is 18.2 Å². The molecule has 4 nitrogen and oxygen atoms in total. The second-order valence-electron chi connectivity index (χ2n) is 2.29. The first-order valence-corrected chi connectivity index (χ1v) is 3.52. The summed E-state index contributed by atoms with van der Waals surface area (Å²) in [5.41, 5.74) is 5.02. The normalized spacial score (nSPS) is 9.91. The molecule has 0 bridgehead atoms. The van der Waals surface area contributed by atoms with Crippen molar-refractivity contribution in [3.8, 4) is 0 Å². The van der Waals surface area contributed by atoms with Gasteiger partial charge < -0.3 is 10.3 Å². The first-order valence-electron chi connectivity index (χ1n) is 3.52. The number of amides is 1. The van der Waals surface area contributed by atoms with Gasteiger partial charge in [0, 0.05) is 18.8 Å². The van der Waals surface area contributed by atoms with Gasteiger partial charge in [-0.25, -0.2) is 4.98 Å². The standard InChI is InChI=1S/C7H11N3O/c1-2-7-9-3-4-10(7)5-6(8)11/h3-4H,2,5H2,1H3,(H2,8,11). The average Bonchev–Trinajstić information content (AvgIpc) is 2.34. The highest BCUT2D eigenvalue weighted by Gasteiger charge is 2.01. The molecule has 0 atom stereocenters. The largest absolute Gasteiger partial charge is 0.368 e. The average molecular weight is 153 g/mol. The van der Waals surface area contributed by atoms with Crippen LogP contribution < -0.4 is 5.73 Å². The van der Waals surface area contributed by atoms with E-state index in [4.69, 9.17) is 5.73 Å². The van der Waals surface area contributed by atoms with Gasteiger partial charge in [0.2, 0.25) is 5.91 Å². The lowest BCUT2D eigenvalue weighted by molar-refractivity contribution is -0.118. The molecule has 0 unspecified atom stereocenters. The van der Waals surface area contributed by atoms with Crippen molar-refractivity contribution < 1.29 is 4.79 Å². The Morgan fingerprint density at radius 1 is 1.82 bits per heavy atom. The van der Waals surface area contributed by atoms with Crippen LogP contribution in [0, 0.1) is 0 Å². The number of aromatic nitrogens is 2. The number of rotatable bonds is 3. The van der Waals surface area contributed by atoms with Gasteiger partial charge in [0.1, 0.15) is 12.4 Å². The van der Waals surface area contributed by atoms with E-state index in [0.29, 0.717) is 0 Å². The molecule has 0 saturated carbocycles. The van der Waals surface area contributed by atoms with Gasteiger partial charge in [-0.15, -0.1) is 0 Å². The minimum atomic E-state index is -0.335. The Labute approximate surface area is 65.0 Å². The van der Waals surface area contributed by atoms with E-state index in [2.05, 4.69) is 4.98 Å². The molecule has 4 heteroatoms. The van der Waals surface area contributed by atoms with Gasteiger partial charge in [-0.1, -0.05) is 6.92 Å². The number of carbonyl (C=O) groups excluding carboxylic acids is 1. The fourth-order valence-corrected chi connectivity index (χ4v) is 0.966. The Kier molecular flexibility index (Phi) is 2.25. The van der Waals surface area contributed by atoms with E-state index in [1.54, 1.807) is 17.0 Å². The van der Waals surface area contributed by atoms with Crippen molar-refractivity contribution in [3.63, 3.8) is 0 Å². The number of nitrogens with two attached hydrogens (primary N) is 1. The maximum Gasteiger partial charge on any atom is 0.237 e. The predicted molar refractivity (Wildman–Crippen MR) is 40.8 cm³/mol. The Morgan fingerprint density at radius 2 is 2.55 bits per heavy atom. The molecule has 0 aliphatic carbocycles. The van der Waals surface area contributed by atoms with Gasteiger partial charge in [-0.05, 0) is 0 Å². The molecule has 0 fully saturated rings. The summed E-state index contributed by atoms with van der Waals surface area (Å²) in [5, 5.41) is 0. The molecule has 0 saturated heterocycles. The van der Waals surface area contributed by atoms with Crippen molar-refractivity contribution >= 4 is 5.91 Å². The zero-order valence-corrected chi connectivity index (χ0v) is 6.45. The molecular formula is C7H11N3O. The Morgan fingerprint density at radius 3 is 3.09 bits per heavy atom. The molecule has 0 aromatic carbocycles. The van der Waals surface area contributed by atoms with Gasteiger partial charge in [-0.3, -0.25) is 4.79 Å². The topological polar surface area (TPSA) is 60.9 Å². The second-order valence-corrected chi connectivity index (χ2v) is 2.29. The van der Waals surface area contributed by atoms with E-state index >= 15 is 0 Å². The van der Waals surface area contributed by atoms with Crippen molar-refractivity contribution in [1.29, 1.82) is 0 Å². The third-order valence-corrected chi connectivity index (χ3v) is 1.44. The monoisotopic (exact) mass is 153 g/mol. The van der Waals surface area contributed by atoms with Crippen molar-refractivity contribution in [1.82, 2.24) is 9.55 Å². The van der Waals surface area contributed by atoms with E-state index in [-0.39, 0.29) is 12.5 Å². The van der Waals surface area contributed by atoms with Crippen LogP contribution in [0.4, 0.5) is 0 Å². The molecule has 1 heterocycles. The molecule has 0 radical (unpaired) electrons. The number of hydrogen-bond acceptors (Lipinski definition) is 2. The number of imidazole rings is 1. The molecular weight excluding hydrogens is 142 g/mol. The van der Waals surface area contributed by atoms with Crippen LogP contribution in [0.25, 0.3) is 0 Å². The molecule has 0 spiro atoms. The van der Waals surface area contributed by atoms with Crippen LogP contribution in [-0.4, -0.2) is 15.5 Å². The molecule has 11 heavy (non-hydrogen) atoms. The number of carbonyl (C=O) groups is 1. The zero-order chi connectivity index (χ0) is 8.27. The van der Waals surface area contributed by atoms with Crippen LogP contribution in [-0.2, 0) is 17.8 Å². The molecule has 1 aromatic heterocycles. The summed E-state index contributed by atoms with van der Waals surface area (Å²) < 4.78 is 1.75. The van der Waals surface area contributed by atoms with Crippen LogP contribution in [0.1, 0.15) is 12.7 Å². The lowest BCUT2D eigenvalue weighted by Crippen LogP contribution is -2.19. The summed E-state index contributed by atoms with van der Waals surface area (Å²) in [6, 6.07) is 0. The fraction of sp³-hybridized carbons (Fsp3) is 0.429. The van der Waals surface area contributed by atoms with E-state index in [0.717, 1.165) is 12.2 Å². The fourth-order valence-electron chi connectivity index (χ4n) is 0.966. The Hall–Kier alpha value is -1.32. The number of nitrogens with zero attached hydrogens (tertiary/aromatic N) is 2. The number of primary amides is 1. The minimum Gasteiger partial charge on any atom is -0.368 e. The smallest absolute Gasteiger partial charge is 0.237 e. The van der Waals surface area contributed by atoms with Crippen molar-refractivity contribution in [2.24, 2.45) is 5.73 Å². The summed E-state index contributed by atoms with van der Waals surface area (Å²) in [6.07, 6.45) is 4.24. The highest BCUT2D eigenvalue weighted by molar-refractivity contribution is 5.73. The SMILES string of the molecule is CCc1nccn1CC(N)=O. The lowest BCUT2D eigenvalue weighted by atomic mass is 10.4. The third-order valence-electron chi connectivity index (χ3n) is 1.44. The molecule has 0 aliphatic heterocycles. The van der Waals surface area contributed by atoms with Crippen LogP contribution >= 0.6 is 0 Å². The highest BCUT2D eigenvalue weighted by atomic mass is 16.1. The maximum atomic E-state index is 10.5. The van der Waals surface area contributed by atoms with Gasteiger partial charge in [0.05, 0.1) is 0 Å². The Bertz CT molecular complexity index is 254. The lowest BCUT2D eigenvalue weighted by Gasteiger charge is -2.01. The van der Waals surface area contributed by atoms with Crippen LogP contribution in [0.3, 0.4) is 0 Å². The molecule has 60 valence electrons. The van der Waals surface area contributed by atoms with Gasteiger partial charge in [-0.2, -0.15) is 0 Å². The highest BCUT2D eigenvalue weighted by Crippen LogP contribution is 1.96. The zero-order valence-electron chi connectivity index (χ0n) is 6.45. The van der Waals surface area contributed by atoms with E-state index in [1.165, 1.54) is 0 Å². The van der Waals surface area contributed by atoms with Crippen LogP contribution in [0.2, 0.25) is 0 Å². The first kappa shape index (κ1) is 7.78. The summed E-state index contributed by atoms with van der Waals surface area (Å²) >= 11 is 0. The Balaban J connectivity index is 2.76. The summed E-state index contributed by atoms with van der Waals surface area (Å²) in [7, 11) is 0. The van der Waals surface area contributed by atoms with Crippen molar-refractivity contribution in [2.45, 2.75) is 19.9 Å². The van der Waals surface area contributed by atoms with E-state index < -0.39 is 0 Å². The maximum absolute atomic E-state index is 10.5. The van der Waals surface area contributed by atoms with E-state index in [9.17, 15) is 4.79 Å². The molecule has 1 rings (SSSR count).